The molecule has 0 bridgehead atoms. The van der Waals surface area contributed by atoms with E-state index in [0.29, 0.717) is 32.2 Å². The molecule has 0 aromatic carbocycles. The maximum atomic E-state index is 12.3. The van der Waals surface area contributed by atoms with Crippen molar-refractivity contribution in [3.8, 4) is 0 Å². The van der Waals surface area contributed by atoms with Crippen LogP contribution in [0.5, 0.6) is 0 Å². The summed E-state index contributed by atoms with van der Waals surface area (Å²) in [5, 5.41) is 3.02. The minimum atomic E-state index is 0.0460. The highest BCUT2D eigenvalue weighted by atomic mass is 79.9. The Morgan fingerprint density at radius 2 is 2.37 bits per heavy atom. The van der Waals surface area contributed by atoms with Gasteiger partial charge in [-0.2, -0.15) is 0 Å². The summed E-state index contributed by atoms with van der Waals surface area (Å²) in [7, 11) is 0. The smallest absolute Gasteiger partial charge is 0.318 e. The van der Waals surface area contributed by atoms with Crippen LogP contribution < -0.4 is 5.32 Å². The Kier molecular flexibility index (Phi) is 4.10. The molecule has 1 saturated heterocycles. The maximum Gasteiger partial charge on any atom is 0.318 e. The van der Waals surface area contributed by atoms with E-state index in [1.807, 2.05) is 17.0 Å². The van der Waals surface area contributed by atoms with Crippen LogP contribution in [0.1, 0.15) is 17.7 Å². The van der Waals surface area contributed by atoms with Gasteiger partial charge in [0.25, 0.3) is 0 Å². The summed E-state index contributed by atoms with van der Waals surface area (Å²) in [6.45, 7) is 2.66. The average Bonchev–Trinajstić information content (AvgIpc) is 3.19. The molecule has 0 radical (unpaired) electrons. The van der Waals surface area contributed by atoms with Crippen LogP contribution in [0.2, 0.25) is 0 Å². The fourth-order valence-corrected chi connectivity index (χ4v) is 3.88. The average molecular weight is 345 g/mol. The van der Waals surface area contributed by atoms with Crippen molar-refractivity contribution in [3.05, 3.63) is 20.8 Å². The van der Waals surface area contributed by atoms with Crippen LogP contribution in [0, 0.1) is 5.92 Å². The van der Waals surface area contributed by atoms with Gasteiger partial charge >= 0.3 is 6.03 Å². The van der Waals surface area contributed by atoms with Crippen molar-refractivity contribution < 1.29 is 9.53 Å². The van der Waals surface area contributed by atoms with Gasteiger partial charge in [0, 0.05) is 11.4 Å². The molecule has 1 N–H and O–H groups in total. The number of nitrogens with zero attached hydrogens (tertiary/aromatic N) is 1. The molecule has 1 saturated carbocycles. The van der Waals surface area contributed by atoms with Gasteiger partial charge in [-0.05, 0) is 46.8 Å². The molecule has 2 heterocycles. The number of rotatable bonds is 3. The van der Waals surface area contributed by atoms with Crippen LogP contribution in [0.15, 0.2) is 15.9 Å². The monoisotopic (exact) mass is 344 g/mol. The van der Waals surface area contributed by atoms with E-state index in [0.717, 1.165) is 8.66 Å². The predicted molar refractivity (Wildman–Crippen MR) is 78.3 cm³/mol. The minimum Gasteiger partial charge on any atom is -0.377 e. The Hall–Kier alpha value is -0.590. The zero-order valence-corrected chi connectivity index (χ0v) is 13.0. The van der Waals surface area contributed by atoms with Crippen LogP contribution in [-0.4, -0.2) is 36.7 Å². The van der Waals surface area contributed by atoms with E-state index >= 15 is 0 Å². The van der Waals surface area contributed by atoms with E-state index in [1.54, 1.807) is 11.3 Å². The summed E-state index contributed by atoms with van der Waals surface area (Å²) < 4.78 is 6.60. The highest BCUT2D eigenvalue weighted by molar-refractivity contribution is 9.11. The number of hydrogen-bond acceptors (Lipinski definition) is 3. The van der Waals surface area contributed by atoms with Gasteiger partial charge in [-0.25, -0.2) is 4.79 Å². The largest absolute Gasteiger partial charge is 0.377 e. The SMILES string of the molecule is O=C(NCc1ccc(Br)s1)N1CCOC[C@H]1C1CC1. The first-order chi connectivity index (χ1) is 9.24. The van der Waals surface area contributed by atoms with E-state index in [4.69, 9.17) is 4.74 Å². The Morgan fingerprint density at radius 3 is 3.05 bits per heavy atom. The van der Waals surface area contributed by atoms with E-state index in [-0.39, 0.29) is 12.1 Å². The summed E-state index contributed by atoms with van der Waals surface area (Å²) in [5.74, 6) is 0.655. The molecule has 2 fully saturated rings. The lowest BCUT2D eigenvalue weighted by molar-refractivity contribution is 0.00465. The molecule has 2 aliphatic rings. The van der Waals surface area contributed by atoms with E-state index in [2.05, 4.69) is 21.2 Å². The number of hydrogen-bond donors (Lipinski definition) is 1. The molecule has 104 valence electrons. The van der Waals surface area contributed by atoms with Gasteiger partial charge in [0.1, 0.15) is 0 Å². The molecular weight excluding hydrogens is 328 g/mol. The number of thiophene rings is 1. The highest BCUT2D eigenvalue weighted by Gasteiger charge is 2.39. The van der Waals surface area contributed by atoms with Crippen molar-refractivity contribution in [2.75, 3.05) is 19.8 Å². The van der Waals surface area contributed by atoms with Gasteiger partial charge in [-0.15, -0.1) is 11.3 Å². The van der Waals surface area contributed by atoms with Gasteiger partial charge < -0.3 is 15.0 Å². The molecule has 4 nitrogen and oxygen atoms in total. The van der Waals surface area contributed by atoms with Gasteiger partial charge in [-0.1, -0.05) is 0 Å². The first-order valence-electron chi connectivity index (χ1n) is 6.60. The summed E-state index contributed by atoms with van der Waals surface area (Å²) in [6.07, 6.45) is 2.46. The molecule has 19 heavy (non-hydrogen) atoms. The second-order valence-electron chi connectivity index (χ2n) is 5.04. The number of carbonyl (C=O) groups is 1. The van der Waals surface area contributed by atoms with Gasteiger partial charge in [-0.3, -0.25) is 0 Å². The number of urea groups is 1. The Labute approximate surface area is 125 Å². The van der Waals surface area contributed by atoms with Gasteiger partial charge in [0.15, 0.2) is 0 Å². The molecule has 3 rings (SSSR count). The van der Waals surface area contributed by atoms with Gasteiger partial charge in [0.05, 0.1) is 29.6 Å². The fraction of sp³-hybridized carbons (Fsp3) is 0.615. The van der Waals surface area contributed by atoms with Gasteiger partial charge in [0.2, 0.25) is 0 Å². The van der Waals surface area contributed by atoms with Crippen molar-refractivity contribution in [1.82, 2.24) is 10.2 Å². The highest BCUT2D eigenvalue weighted by Crippen LogP contribution is 2.36. The van der Waals surface area contributed by atoms with Crippen LogP contribution in [-0.2, 0) is 11.3 Å². The summed E-state index contributed by atoms with van der Waals surface area (Å²) in [5.41, 5.74) is 0. The summed E-state index contributed by atoms with van der Waals surface area (Å²) >= 11 is 5.09. The molecule has 1 atom stereocenters. The van der Waals surface area contributed by atoms with Crippen molar-refractivity contribution in [1.29, 1.82) is 0 Å². The summed E-state index contributed by atoms with van der Waals surface area (Å²) in [6, 6.07) is 4.37. The van der Waals surface area contributed by atoms with Crippen molar-refractivity contribution in [3.63, 3.8) is 0 Å². The number of halogens is 1. The number of amides is 2. The topological polar surface area (TPSA) is 41.6 Å². The fourth-order valence-electron chi connectivity index (χ4n) is 2.46. The van der Waals surface area contributed by atoms with Crippen molar-refractivity contribution in [2.24, 2.45) is 5.92 Å². The zero-order valence-electron chi connectivity index (χ0n) is 10.6. The van der Waals surface area contributed by atoms with Crippen LogP contribution >= 0.6 is 27.3 Å². The Morgan fingerprint density at radius 1 is 1.53 bits per heavy atom. The quantitative estimate of drug-likeness (QED) is 0.915. The lowest BCUT2D eigenvalue weighted by Gasteiger charge is -2.35. The molecule has 1 aliphatic carbocycles. The minimum absolute atomic E-state index is 0.0460. The normalized spacial score (nSPS) is 23.4. The van der Waals surface area contributed by atoms with E-state index < -0.39 is 0 Å². The van der Waals surface area contributed by atoms with Crippen LogP contribution in [0.25, 0.3) is 0 Å². The number of morpholine rings is 1. The standard InChI is InChI=1S/C13H17BrN2O2S/c14-12-4-3-10(19-12)7-15-13(17)16-5-6-18-8-11(16)9-1-2-9/h3-4,9,11H,1-2,5-8H2,(H,15,17)/t11-/m0/s1. The Bertz CT molecular complexity index is 461. The number of ether oxygens (including phenoxy) is 1. The van der Waals surface area contributed by atoms with Crippen molar-refractivity contribution >= 4 is 33.3 Å². The lowest BCUT2D eigenvalue weighted by Crippen LogP contribution is -2.53. The number of carbonyl (C=O) groups excluding carboxylic acids is 1. The second kappa shape index (κ2) is 5.81. The molecule has 0 unspecified atom stereocenters. The first kappa shape index (κ1) is 13.4. The third kappa shape index (κ3) is 3.30. The van der Waals surface area contributed by atoms with Crippen LogP contribution in [0.3, 0.4) is 0 Å². The van der Waals surface area contributed by atoms with E-state index in [1.165, 1.54) is 12.8 Å². The third-order valence-corrected chi connectivity index (χ3v) is 5.26. The molecule has 1 aromatic rings. The third-order valence-electron chi connectivity index (χ3n) is 3.64. The van der Waals surface area contributed by atoms with Crippen molar-refractivity contribution in [2.45, 2.75) is 25.4 Å². The predicted octanol–water partition coefficient (Wildman–Crippen LogP) is 2.83. The van der Waals surface area contributed by atoms with E-state index in [9.17, 15) is 4.79 Å². The molecule has 6 heteroatoms. The summed E-state index contributed by atoms with van der Waals surface area (Å²) in [4.78, 5) is 15.4. The van der Waals surface area contributed by atoms with Crippen LogP contribution in [0.4, 0.5) is 4.79 Å². The number of nitrogens with one attached hydrogen (secondary N) is 1. The first-order valence-corrected chi connectivity index (χ1v) is 8.21. The maximum absolute atomic E-state index is 12.3. The molecule has 2 amide bonds. The Balaban J connectivity index is 1.56. The zero-order chi connectivity index (χ0) is 13.2. The molecular formula is C13H17BrN2O2S. The molecule has 0 spiro atoms. The second-order valence-corrected chi connectivity index (χ2v) is 7.59. The molecule has 1 aromatic heterocycles. The lowest BCUT2D eigenvalue weighted by atomic mass is 10.1. The molecule has 1 aliphatic heterocycles.